The number of aromatic nitrogens is 2. The lowest BCUT2D eigenvalue weighted by molar-refractivity contribution is 0.154. The van der Waals surface area contributed by atoms with E-state index in [9.17, 15) is 0 Å². The van der Waals surface area contributed by atoms with Gasteiger partial charge in [-0.1, -0.05) is 11.6 Å². The van der Waals surface area contributed by atoms with Gasteiger partial charge in [-0.3, -0.25) is 4.90 Å². The summed E-state index contributed by atoms with van der Waals surface area (Å²) >= 11 is 5.91. The first kappa shape index (κ1) is 16.2. The molecule has 0 saturated carbocycles. The van der Waals surface area contributed by atoms with Crippen LogP contribution in [0.1, 0.15) is 5.82 Å². The molecule has 0 fully saturated rings. The molecule has 5 nitrogen and oxygen atoms in total. The van der Waals surface area contributed by atoms with Crippen LogP contribution in [-0.2, 0) is 6.54 Å². The molecule has 106 valence electrons. The van der Waals surface area contributed by atoms with Crippen LogP contribution in [0.2, 0.25) is 5.02 Å². The molecule has 2 rings (SSSR count). The van der Waals surface area contributed by atoms with Crippen molar-refractivity contribution in [2.45, 2.75) is 6.54 Å². The lowest BCUT2D eigenvalue weighted by atomic mass is 10.3. The fraction of sp³-hybridized carbons (Fsp3) is 0.417. The van der Waals surface area contributed by atoms with E-state index in [1.54, 1.807) is 6.07 Å². The van der Waals surface area contributed by atoms with E-state index in [2.05, 4.69) is 9.97 Å². The number of rotatable bonds is 6. The molecular weight excluding hydrogens is 289 g/mol. The monoisotopic (exact) mass is 305 g/mol. The summed E-state index contributed by atoms with van der Waals surface area (Å²) in [5, 5.41) is 18.6. The molecule has 0 bridgehead atoms. The minimum Gasteiger partial charge on any atom is -0.395 e. The molecule has 0 spiro atoms. The summed E-state index contributed by atoms with van der Waals surface area (Å²) < 4.78 is 0. The Labute approximate surface area is 122 Å². The molecule has 1 aromatic heterocycles. The number of nitrogens with zero attached hydrogens (tertiary/aromatic N) is 2. The van der Waals surface area contributed by atoms with E-state index in [0.717, 1.165) is 16.9 Å². The van der Waals surface area contributed by atoms with Crippen LogP contribution in [0.3, 0.4) is 0 Å². The highest BCUT2D eigenvalue weighted by Gasteiger charge is 2.08. The third-order valence-corrected chi connectivity index (χ3v) is 2.93. The van der Waals surface area contributed by atoms with Gasteiger partial charge in [0.05, 0.1) is 30.8 Å². The highest BCUT2D eigenvalue weighted by Crippen LogP contribution is 2.17. The molecule has 0 aliphatic heterocycles. The van der Waals surface area contributed by atoms with Crippen LogP contribution in [-0.4, -0.2) is 51.4 Å². The summed E-state index contributed by atoms with van der Waals surface area (Å²) in [4.78, 5) is 9.55. The quantitative estimate of drug-likeness (QED) is 0.755. The van der Waals surface area contributed by atoms with Gasteiger partial charge in [-0.25, -0.2) is 4.98 Å². The van der Waals surface area contributed by atoms with Gasteiger partial charge in [0.2, 0.25) is 0 Å². The van der Waals surface area contributed by atoms with E-state index in [4.69, 9.17) is 21.8 Å². The number of halogens is 2. The Kier molecular flexibility index (Phi) is 6.54. The predicted octanol–water partition coefficient (Wildman–Crippen LogP) is 1.42. The number of aromatic amines is 1. The summed E-state index contributed by atoms with van der Waals surface area (Å²) in [5.41, 5.74) is 1.76. The molecule has 3 N–H and O–H groups in total. The van der Waals surface area contributed by atoms with E-state index in [1.165, 1.54) is 0 Å². The third kappa shape index (κ3) is 4.33. The van der Waals surface area contributed by atoms with Crippen LogP contribution in [0, 0.1) is 0 Å². The second kappa shape index (κ2) is 7.67. The Balaban J connectivity index is 0.00000180. The number of hydrogen-bond acceptors (Lipinski definition) is 4. The van der Waals surface area contributed by atoms with E-state index in [0.29, 0.717) is 24.7 Å². The standard InChI is InChI=1S/C12H16ClN3O2.ClH/c13-9-1-2-10-11(7-9)15-12(14-10)8-16(3-5-17)4-6-18;/h1-2,7,17-18H,3-6,8H2,(H,14,15);1H. The van der Waals surface area contributed by atoms with Gasteiger partial charge < -0.3 is 15.2 Å². The number of fused-ring (bicyclic) bond motifs is 1. The Morgan fingerprint density at radius 1 is 1.21 bits per heavy atom. The first-order valence-electron chi connectivity index (χ1n) is 5.81. The Morgan fingerprint density at radius 2 is 1.89 bits per heavy atom. The molecule has 0 unspecified atom stereocenters. The van der Waals surface area contributed by atoms with Crippen molar-refractivity contribution in [2.75, 3.05) is 26.3 Å². The van der Waals surface area contributed by atoms with Gasteiger partial charge in [-0.2, -0.15) is 0 Å². The summed E-state index contributed by atoms with van der Waals surface area (Å²) in [7, 11) is 0. The maximum absolute atomic E-state index is 8.95. The number of nitrogens with one attached hydrogen (secondary N) is 1. The van der Waals surface area contributed by atoms with Gasteiger partial charge in [0.25, 0.3) is 0 Å². The minimum atomic E-state index is 0. The maximum Gasteiger partial charge on any atom is 0.121 e. The number of hydrogen-bond donors (Lipinski definition) is 3. The molecule has 1 aromatic carbocycles. The van der Waals surface area contributed by atoms with Gasteiger partial charge in [0, 0.05) is 18.1 Å². The SMILES string of the molecule is Cl.OCCN(CCO)Cc1nc2ccc(Cl)cc2[nH]1. The fourth-order valence-electron chi connectivity index (χ4n) is 1.87. The van der Waals surface area contributed by atoms with Crippen LogP contribution in [0.5, 0.6) is 0 Å². The fourth-order valence-corrected chi connectivity index (χ4v) is 2.05. The zero-order valence-corrected chi connectivity index (χ0v) is 11.9. The van der Waals surface area contributed by atoms with Crippen molar-refractivity contribution in [1.29, 1.82) is 0 Å². The molecular formula is C12H17Cl2N3O2. The molecule has 0 saturated heterocycles. The Hall–Kier alpha value is -0.850. The molecule has 19 heavy (non-hydrogen) atoms. The van der Waals surface area contributed by atoms with Crippen LogP contribution in [0.15, 0.2) is 18.2 Å². The molecule has 0 atom stereocenters. The molecule has 0 aliphatic rings. The van der Waals surface area contributed by atoms with Crippen molar-refractivity contribution >= 4 is 35.0 Å². The van der Waals surface area contributed by atoms with Crippen LogP contribution in [0.25, 0.3) is 11.0 Å². The topological polar surface area (TPSA) is 72.4 Å². The summed E-state index contributed by atoms with van der Waals surface area (Å²) in [6.07, 6.45) is 0. The van der Waals surface area contributed by atoms with E-state index in [-0.39, 0.29) is 25.6 Å². The number of H-pyrrole nitrogens is 1. The van der Waals surface area contributed by atoms with Gasteiger partial charge >= 0.3 is 0 Å². The first-order valence-corrected chi connectivity index (χ1v) is 6.19. The predicted molar refractivity (Wildman–Crippen MR) is 77.8 cm³/mol. The van der Waals surface area contributed by atoms with Gasteiger partial charge in [0.1, 0.15) is 5.82 Å². The third-order valence-electron chi connectivity index (χ3n) is 2.70. The molecule has 0 radical (unpaired) electrons. The average Bonchev–Trinajstić information content (AvgIpc) is 2.71. The van der Waals surface area contributed by atoms with Crippen molar-refractivity contribution in [3.8, 4) is 0 Å². The summed E-state index contributed by atoms with van der Waals surface area (Å²) in [6.45, 7) is 1.71. The van der Waals surface area contributed by atoms with Crippen LogP contribution < -0.4 is 0 Å². The van der Waals surface area contributed by atoms with Gasteiger partial charge in [0.15, 0.2) is 0 Å². The van der Waals surface area contributed by atoms with Crippen molar-refractivity contribution in [1.82, 2.24) is 14.9 Å². The molecule has 7 heteroatoms. The zero-order valence-electron chi connectivity index (χ0n) is 10.3. The van der Waals surface area contributed by atoms with E-state index < -0.39 is 0 Å². The number of aliphatic hydroxyl groups is 2. The van der Waals surface area contributed by atoms with Crippen molar-refractivity contribution < 1.29 is 10.2 Å². The Bertz CT molecular complexity index is 513. The van der Waals surface area contributed by atoms with Crippen molar-refractivity contribution in [3.05, 3.63) is 29.0 Å². The number of benzene rings is 1. The second-order valence-corrected chi connectivity index (χ2v) is 4.50. The smallest absolute Gasteiger partial charge is 0.121 e. The van der Waals surface area contributed by atoms with E-state index in [1.807, 2.05) is 17.0 Å². The molecule has 0 amide bonds. The molecule has 0 aliphatic carbocycles. The number of imidazole rings is 1. The lowest BCUT2D eigenvalue weighted by Gasteiger charge is -2.18. The van der Waals surface area contributed by atoms with Crippen LogP contribution in [0.4, 0.5) is 0 Å². The zero-order chi connectivity index (χ0) is 13.0. The normalized spacial score (nSPS) is 10.9. The highest BCUT2D eigenvalue weighted by atomic mass is 35.5. The maximum atomic E-state index is 8.95. The van der Waals surface area contributed by atoms with Crippen molar-refractivity contribution in [2.24, 2.45) is 0 Å². The summed E-state index contributed by atoms with van der Waals surface area (Å²) in [5.74, 6) is 0.800. The largest absolute Gasteiger partial charge is 0.395 e. The second-order valence-electron chi connectivity index (χ2n) is 4.07. The van der Waals surface area contributed by atoms with Crippen molar-refractivity contribution in [3.63, 3.8) is 0 Å². The lowest BCUT2D eigenvalue weighted by Crippen LogP contribution is -2.29. The van der Waals surface area contributed by atoms with Gasteiger partial charge in [-0.15, -0.1) is 12.4 Å². The highest BCUT2D eigenvalue weighted by molar-refractivity contribution is 6.31. The Morgan fingerprint density at radius 3 is 2.53 bits per heavy atom. The molecule has 1 heterocycles. The van der Waals surface area contributed by atoms with Crippen LogP contribution >= 0.6 is 24.0 Å². The van der Waals surface area contributed by atoms with E-state index >= 15 is 0 Å². The number of aliphatic hydroxyl groups excluding tert-OH is 2. The minimum absolute atomic E-state index is 0. The molecule has 2 aromatic rings. The average molecular weight is 306 g/mol. The summed E-state index contributed by atoms with van der Waals surface area (Å²) in [6, 6.07) is 5.49. The first-order chi connectivity index (χ1) is 8.72. The van der Waals surface area contributed by atoms with Gasteiger partial charge in [-0.05, 0) is 18.2 Å².